The van der Waals surface area contributed by atoms with Gasteiger partial charge in [-0.3, -0.25) is 0 Å². The predicted octanol–water partition coefficient (Wildman–Crippen LogP) is 10.7. The molecule has 39 heavy (non-hydrogen) atoms. The number of nitrogens with zero attached hydrogens (tertiary/aromatic N) is 1. The number of aromatic nitrogens is 1. The third-order valence-electron chi connectivity index (χ3n) is 7.47. The van der Waals surface area contributed by atoms with Gasteiger partial charge in [0, 0.05) is 36.0 Å². The van der Waals surface area contributed by atoms with Gasteiger partial charge in [-0.05, 0) is 70.8 Å². The van der Waals surface area contributed by atoms with Gasteiger partial charge in [-0.25, -0.2) is 0 Å². The maximum atomic E-state index is 2.43. The molecule has 0 amide bonds. The molecule has 0 radical (unpaired) electrons. The van der Waals surface area contributed by atoms with Gasteiger partial charge in [-0.15, -0.1) is 0 Å². The molecule has 0 spiro atoms. The molecule has 3 heteroatoms. The number of hydrogen-bond donors (Lipinski definition) is 0. The minimum absolute atomic E-state index is 1.18. The maximum Gasteiger partial charge on any atom is 0.0553 e. The molecule has 6 aromatic carbocycles. The molecule has 0 atom stereocenters. The van der Waals surface area contributed by atoms with E-state index in [1.54, 1.807) is 0 Å². The van der Waals surface area contributed by atoms with E-state index in [1.165, 1.54) is 69.3 Å². The number of rotatable bonds is 3. The average Bonchev–Trinajstić information content (AvgIpc) is 3.35. The van der Waals surface area contributed by atoms with E-state index in [0.717, 1.165) is 0 Å². The second kappa shape index (κ2) is 9.23. The zero-order valence-corrected chi connectivity index (χ0v) is 22.7. The summed E-state index contributed by atoms with van der Waals surface area (Å²) in [6.45, 7) is 0. The highest BCUT2D eigenvalue weighted by atomic mass is 32.2. The summed E-state index contributed by atoms with van der Waals surface area (Å²) in [5.74, 6) is 0. The van der Waals surface area contributed by atoms with Crippen molar-refractivity contribution < 1.29 is 0 Å². The number of benzene rings is 6. The summed E-state index contributed by atoms with van der Waals surface area (Å²) in [6.07, 6.45) is 0. The highest BCUT2D eigenvalue weighted by molar-refractivity contribution is 8.05. The van der Waals surface area contributed by atoms with E-state index in [2.05, 4.69) is 144 Å². The molecule has 0 bridgehead atoms. The molecule has 1 aromatic heterocycles. The van der Waals surface area contributed by atoms with Crippen molar-refractivity contribution in [3.63, 3.8) is 0 Å². The van der Waals surface area contributed by atoms with Crippen LogP contribution in [0.4, 0.5) is 0 Å². The third-order valence-corrected chi connectivity index (χ3v) is 10.1. The van der Waals surface area contributed by atoms with Gasteiger partial charge in [0.1, 0.15) is 0 Å². The van der Waals surface area contributed by atoms with E-state index in [0.29, 0.717) is 0 Å². The molecule has 8 rings (SSSR count). The standard InChI is InChI=1S/C36H23NS2/c1-3-9-24(10-4-1)26-15-18-28(19-16-26)37-30-20-17-27(25-11-5-2-6-12-25)23-29(30)35-31(37)21-22-34-36(35)39-33-14-8-7-13-32(33)38-34/h1-23H. The van der Waals surface area contributed by atoms with E-state index in [1.807, 2.05) is 23.5 Å². The fraction of sp³-hybridized carbons (Fsp3) is 0. The molecule has 1 nitrogen and oxygen atoms in total. The lowest BCUT2D eigenvalue weighted by molar-refractivity contribution is 1.15. The van der Waals surface area contributed by atoms with E-state index in [-0.39, 0.29) is 0 Å². The monoisotopic (exact) mass is 533 g/mol. The number of hydrogen-bond acceptors (Lipinski definition) is 2. The van der Waals surface area contributed by atoms with Gasteiger partial charge in [-0.2, -0.15) is 0 Å². The fourth-order valence-corrected chi connectivity index (χ4v) is 8.02. The molecule has 7 aromatic rings. The van der Waals surface area contributed by atoms with Crippen molar-refractivity contribution in [1.82, 2.24) is 4.57 Å². The van der Waals surface area contributed by atoms with Crippen molar-refractivity contribution in [2.75, 3.05) is 0 Å². The summed E-state index contributed by atoms with van der Waals surface area (Å²) < 4.78 is 2.43. The van der Waals surface area contributed by atoms with Crippen LogP contribution in [0.1, 0.15) is 0 Å². The van der Waals surface area contributed by atoms with Gasteiger partial charge >= 0.3 is 0 Å². The lowest BCUT2D eigenvalue weighted by Gasteiger charge is -2.19. The second-order valence-electron chi connectivity index (χ2n) is 9.78. The van der Waals surface area contributed by atoms with Crippen molar-refractivity contribution in [1.29, 1.82) is 0 Å². The van der Waals surface area contributed by atoms with Crippen LogP contribution in [-0.4, -0.2) is 4.57 Å². The first-order valence-electron chi connectivity index (χ1n) is 13.1. The quantitative estimate of drug-likeness (QED) is 0.222. The van der Waals surface area contributed by atoms with Crippen molar-refractivity contribution >= 4 is 45.3 Å². The summed E-state index contributed by atoms with van der Waals surface area (Å²) in [4.78, 5) is 5.34. The smallest absolute Gasteiger partial charge is 0.0553 e. The van der Waals surface area contributed by atoms with E-state index < -0.39 is 0 Å². The van der Waals surface area contributed by atoms with E-state index in [4.69, 9.17) is 0 Å². The molecule has 2 heterocycles. The Morgan fingerprint density at radius 2 is 0.974 bits per heavy atom. The third kappa shape index (κ3) is 3.81. The predicted molar refractivity (Wildman–Crippen MR) is 166 cm³/mol. The lowest BCUT2D eigenvalue weighted by atomic mass is 10.0. The van der Waals surface area contributed by atoms with Crippen LogP contribution < -0.4 is 0 Å². The minimum atomic E-state index is 1.18. The largest absolute Gasteiger partial charge is 0.309 e. The van der Waals surface area contributed by atoms with Crippen LogP contribution in [0.15, 0.2) is 159 Å². The Kier molecular flexibility index (Phi) is 5.39. The summed E-state index contributed by atoms with van der Waals surface area (Å²) >= 11 is 3.78. The highest BCUT2D eigenvalue weighted by Gasteiger charge is 2.23. The normalized spacial score (nSPS) is 12.4. The summed E-state index contributed by atoms with van der Waals surface area (Å²) in [7, 11) is 0. The summed E-state index contributed by atoms with van der Waals surface area (Å²) in [5, 5.41) is 2.63. The van der Waals surface area contributed by atoms with Gasteiger partial charge in [-0.1, -0.05) is 115 Å². The first-order valence-corrected chi connectivity index (χ1v) is 14.7. The first kappa shape index (κ1) is 22.8. The van der Waals surface area contributed by atoms with E-state index in [9.17, 15) is 0 Å². The van der Waals surface area contributed by atoms with Crippen LogP contribution in [0, 0.1) is 0 Å². The summed E-state index contributed by atoms with van der Waals surface area (Å²) in [5.41, 5.74) is 8.60. The zero-order chi connectivity index (χ0) is 25.8. The molecule has 0 fully saturated rings. The Morgan fingerprint density at radius 3 is 1.69 bits per heavy atom. The SMILES string of the molecule is c1ccc(-c2ccc(-n3c4ccc(-c5ccccc5)cc4c4c5c(ccc43)Sc3ccccc3S5)cc2)cc1. The molecular formula is C36H23NS2. The van der Waals surface area contributed by atoms with Gasteiger partial charge in [0.15, 0.2) is 0 Å². The van der Waals surface area contributed by atoms with Crippen LogP contribution in [-0.2, 0) is 0 Å². The fourth-order valence-electron chi connectivity index (χ4n) is 5.61. The Balaban J connectivity index is 1.38. The Labute approximate surface area is 236 Å². The minimum Gasteiger partial charge on any atom is -0.309 e. The molecule has 184 valence electrons. The molecule has 0 N–H and O–H groups in total. The van der Waals surface area contributed by atoms with Crippen LogP contribution in [0.2, 0.25) is 0 Å². The molecule has 0 saturated heterocycles. The topological polar surface area (TPSA) is 4.93 Å². The molecular weight excluding hydrogens is 511 g/mol. The Hall–Kier alpha value is -4.18. The second-order valence-corrected chi connectivity index (χ2v) is 11.9. The highest BCUT2D eigenvalue weighted by Crippen LogP contribution is 2.53. The average molecular weight is 534 g/mol. The van der Waals surface area contributed by atoms with Crippen LogP contribution >= 0.6 is 23.5 Å². The van der Waals surface area contributed by atoms with E-state index >= 15 is 0 Å². The van der Waals surface area contributed by atoms with Gasteiger partial charge in [0.05, 0.1) is 11.0 Å². The number of fused-ring (bicyclic) bond motifs is 6. The van der Waals surface area contributed by atoms with Crippen molar-refractivity contribution in [2.24, 2.45) is 0 Å². The van der Waals surface area contributed by atoms with Gasteiger partial charge < -0.3 is 4.57 Å². The zero-order valence-electron chi connectivity index (χ0n) is 21.0. The van der Waals surface area contributed by atoms with Crippen LogP contribution in [0.25, 0.3) is 49.7 Å². The Morgan fingerprint density at radius 1 is 0.410 bits per heavy atom. The van der Waals surface area contributed by atoms with Crippen LogP contribution in [0.3, 0.4) is 0 Å². The molecule has 0 aliphatic carbocycles. The maximum absolute atomic E-state index is 2.43. The molecule has 1 aliphatic heterocycles. The summed E-state index contributed by atoms with van der Waals surface area (Å²) in [6, 6.07) is 50.5. The van der Waals surface area contributed by atoms with Gasteiger partial charge in [0.2, 0.25) is 0 Å². The lowest BCUT2D eigenvalue weighted by Crippen LogP contribution is -1.95. The molecule has 1 aliphatic rings. The van der Waals surface area contributed by atoms with Gasteiger partial charge in [0.25, 0.3) is 0 Å². The van der Waals surface area contributed by atoms with Crippen molar-refractivity contribution in [3.8, 4) is 27.9 Å². The van der Waals surface area contributed by atoms with Crippen molar-refractivity contribution in [2.45, 2.75) is 19.6 Å². The Bertz CT molecular complexity index is 1990. The molecule has 0 unspecified atom stereocenters. The molecule has 0 saturated carbocycles. The van der Waals surface area contributed by atoms with Crippen molar-refractivity contribution in [3.05, 3.63) is 140 Å². The van der Waals surface area contributed by atoms with Crippen LogP contribution in [0.5, 0.6) is 0 Å². The first-order chi connectivity index (χ1) is 19.3.